The van der Waals surface area contributed by atoms with Crippen molar-refractivity contribution >= 4 is 22.4 Å². The number of halogens is 1. The number of aliphatic hydroxyl groups is 2. The van der Waals surface area contributed by atoms with Gasteiger partial charge in [0.05, 0.1) is 10.8 Å². The summed E-state index contributed by atoms with van der Waals surface area (Å²) in [6.45, 7) is 0. The molecule has 26 heavy (non-hydrogen) atoms. The van der Waals surface area contributed by atoms with E-state index in [2.05, 4.69) is 0 Å². The van der Waals surface area contributed by atoms with E-state index < -0.39 is 23.4 Å². The summed E-state index contributed by atoms with van der Waals surface area (Å²) in [7, 11) is 0. The minimum absolute atomic E-state index is 0.129. The second-order valence-electron chi connectivity index (χ2n) is 6.55. The molecule has 1 aliphatic heterocycles. The number of hydrogen-bond donors (Lipinski definition) is 3. The Morgan fingerprint density at radius 1 is 0.885 bits per heavy atom. The summed E-state index contributed by atoms with van der Waals surface area (Å²) in [5, 5.41) is 32.3. The van der Waals surface area contributed by atoms with Crippen molar-refractivity contribution in [1.29, 1.82) is 0 Å². The van der Waals surface area contributed by atoms with Crippen LogP contribution in [-0.2, 0) is 5.79 Å². The zero-order valence-corrected chi connectivity index (χ0v) is 14.2. The molecule has 1 aliphatic carbocycles. The number of ether oxygens (including phenoxy) is 2. The highest BCUT2D eigenvalue weighted by Crippen LogP contribution is 2.53. The van der Waals surface area contributed by atoms with E-state index in [-0.39, 0.29) is 11.3 Å². The summed E-state index contributed by atoms with van der Waals surface area (Å²) in [4.78, 5) is 0. The zero-order valence-electron chi connectivity index (χ0n) is 13.5. The molecule has 0 aromatic heterocycles. The Balaban J connectivity index is 1.80. The lowest BCUT2D eigenvalue weighted by atomic mass is 9.81. The van der Waals surface area contributed by atoms with Crippen molar-refractivity contribution in [3.8, 4) is 17.2 Å². The average Bonchev–Trinajstić information content (AvgIpc) is 2.65. The van der Waals surface area contributed by atoms with Crippen LogP contribution in [0.2, 0.25) is 0 Å². The lowest BCUT2D eigenvalue weighted by molar-refractivity contribution is -0.212. The third-order valence-corrected chi connectivity index (χ3v) is 5.58. The fraction of sp³-hybridized carbons (Fsp3) is 0.200. The van der Waals surface area contributed by atoms with E-state index in [0.717, 1.165) is 10.8 Å². The highest BCUT2D eigenvalue weighted by molar-refractivity contribution is 6.21. The Kier molecular flexibility index (Phi) is 3.19. The van der Waals surface area contributed by atoms with Crippen molar-refractivity contribution in [2.24, 2.45) is 0 Å². The van der Waals surface area contributed by atoms with Gasteiger partial charge in [0.15, 0.2) is 6.10 Å². The van der Waals surface area contributed by atoms with Crippen LogP contribution in [-0.4, -0.2) is 26.8 Å². The number of phenolic OH excluding ortho intramolecular Hbond substituents is 1. The second-order valence-corrected chi connectivity index (χ2v) is 7.06. The van der Waals surface area contributed by atoms with Gasteiger partial charge < -0.3 is 24.8 Å². The van der Waals surface area contributed by atoms with Gasteiger partial charge in [0.2, 0.25) is 0 Å². The molecule has 6 heteroatoms. The number of aromatic hydroxyl groups is 1. The molecule has 5 nitrogen and oxygen atoms in total. The Morgan fingerprint density at radius 2 is 1.50 bits per heavy atom. The first-order valence-electron chi connectivity index (χ1n) is 8.25. The molecule has 0 unspecified atom stereocenters. The summed E-state index contributed by atoms with van der Waals surface area (Å²) in [6.07, 6.45) is -2.62. The average molecular weight is 371 g/mol. The number of rotatable bonds is 0. The summed E-state index contributed by atoms with van der Waals surface area (Å²) in [5.41, 5.74) is 0.547. The maximum absolute atomic E-state index is 10.9. The second kappa shape index (κ2) is 5.27. The molecule has 2 aliphatic rings. The molecule has 3 atom stereocenters. The fourth-order valence-corrected chi connectivity index (χ4v) is 4.18. The monoisotopic (exact) mass is 370 g/mol. The van der Waals surface area contributed by atoms with Gasteiger partial charge in [0, 0.05) is 11.1 Å². The summed E-state index contributed by atoms with van der Waals surface area (Å²) < 4.78 is 12.3. The van der Waals surface area contributed by atoms with E-state index in [1.165, 1.54) is 6.07 Å². The van der Waals surface area contributed by atoms with Crippen molar-refractivity contribution in [3.05, 3.63) is 65.7 Å². The van der Waals surface area contributed by atoms with E-state index in [1.54, 1.807) is 24.3 Å². The predicted octanol–water partition coefficient (Wildman–Crippen LogP) is 3.18. The van der Waals surface area contributed by atoms with Crippen LogP contribution in [0.4, 0.5) is 0 Å². The van der Waals surface area contributed by atoms with E-state index in [1.807, 2.05) is 24.3 Å². The molecule has 132 valence electrons. The summed E-state index contributed by atoms with van der Waals surface area (Å²) in [5.74, 6) is -0.713. The minimum Gasteiger partial charge on any atom is -0.508 e. The lowest BCUT2D eigenvalue weighted by Gasteiger charge is -2.47. The molecule has 1 heterocycles. The third-order valence-electron chi connectivity index (χ3n) is 5.10. The normalized spacial score (nSPS) is 25.4. The third kappa shape index (κ3) is 1.88. The van der Waals surface area contributed by atoms with Crippen LogP contribution in [0, 0.1) is 0 Å². The Morgan fingerprint density at radius 3 is 2.15 bits per heavy atom. The Bertz CT molecular complexity index is 993. The van der Waals surface area contributed by atoms with Crippen molar-refractivity contribution in [1.82, 2.24) is 0 Å². The molecule has 1 spiro atoms. The predicted molar refractivity (Wildman–Crippen MR) is 95.6 cm³/mol. The maximum Gasteiger partial charge on any atom is 0.306 e. The molecule has 0 fully saturated rings. The van der Waals surface area contributed by atoms with Crippen LogP contribution in [0.3, 0.4) is 0 Å². The number of hydrogen-bond acceptors (Lipinski definition) is 5. The van der Waals surface area contributed by atoms with Gasteiger partial charge in [0.1, 0.15) is 23.4 Å². The SMILES string of the molecule is Oc1cccc2c1[C@H](O)[C@@H](Cl)[C@@H](O)C21Oc2cccc3cccc(c23)O1. The molecule has 5 rings (SSSR count). The van der Waals surface area contributed by atoms with E-state index in [0.29, 0.717) is 17.1 Å². The van der Waals surface area contributed by atoms with Crippen molar-refractivity contribution in [3.63, 3.8) is 0 Å². The number of alkyl halides is 1. The molecule has 0 amide bonds. The lowest BCUT2D eigenvalue weighted by Crippen LogP contribution is -2.59. The quantitative estimate of drug-likeness (QED) is 0.530. The van der Waals surface area contributed by atoms with Crippen LogP contribution < -0.4 is 9.47 Å². The van der Waals surface area contributed by atoms with Crippen LogP contribution in [0.1, 0.15) is 17.2 Å². The number of phenols is 1. The highest BCUT2D eigenvalue weighted by atomic mass is 35.5. The van der Waals surface area contributed by atoms with Gasteiger partial charge in [0.25, 0.3) is 0 Å². The van der Waals surface area contributed by atoms with E-state index in [9.17, 15) is 15.3 Å². The van der Waals surface area contributed by atoms with Gasteiger partial charge in [-0.25, -0.2) is 0 Å². The van der Waals surface area contributed by atoms with Crippen LogP contribution >= 0.6 is 11.6 Å². The smallest absolute Gasteiger partial charge is 0.306 e. The van der Waals surface area contributed by atoms with Gasteiger partial charge in [-0.15, -0.1) is 11.6 Å². The molecule has 0 radical (unpaired) electrons. The fourth-order valence-electron chi connectivity index (χ4n) is 3.89. The van der Waals surface area contributed by atoms with Gasteiger partial charge in [-0.2, -0.15) is 0 Å². The van der Waals surface area contributed by atoms with Crippen molar-refractivity contribution in [2.75, 3.05) is 0 Å². The minimum atomic E-state index is -1.66. The largest absolute Gasteiger partial charge is 0.508 e. The Hall–Kier alpha value is -2.47. The van der Waals surface area contributed by atoms with Crippen LogP contribution in [0.15, 0.2) is 54.6 Å². The van der Waals surface area contributed by atoms with Crippen molar-refractivity contribution < 1.29 is 24.8 Å². The first kappa shape index (κ1) is 15.8. The van der Waals surface area contributed by atoms with Gasteiger partial charge >= 0.3 is 5.79 Å². The molecular formula is C20H15ClO5. The first-order valence-corrected chi connectivity index (χ1v) is 8.69. The highest BCUT2D eigenvalue weighted by Gasteiger charge is 2.58. The zero-order chi connectivity index (χ0) is 18.1. The molecule has 3 aromatic carbocycles. The van der Waals surface area contributed by atoms with Crippen molar-refractivity contribution in [2.45, 2.75) is 23.4 Å². The summed E-state index contributed by atoms with van der Waals surface area (Å²) in [6, 6.07) is 15.9. The summed E-state index contributed by atoms with van der Waals surface area (Å²) >= 11 is 6.30. The van der Waals surface area contributed by atoms with Crippen LogP contribution in [0.5, 0.6) is 17.2 Å². The maximum atomic E-state index is 10.9. The van der Waals surface area contributed by atoms with E-state index >= 15 is 0 Å². The molecular weight excluding hydrogens is 356 g/mol. The van der Waals surface area contributed by atoms with E-state index in [4.69, 9.17) is 21.1 Å². The molecule has 0 saturated heterocycles. The van der Waals surface area contributed by atoms with Gasteiger partial charge in [-0.05, 0) is 23.6 Å². The standard InChI is InChI=1S/C20H15ClO5/c21-17-18(23)16-11(6-3-7-12(16)22)20(19(17)24)25-13-8-1-4-10-5-2-9-14(26-20)15(10)13/h1-9,17-19,22-24H/t17-,18+,19-/m1/s1. The Labute approximate surface area is 154 Å². The van der Waals surface area contributed by atoms with Crippen LogP contribution in [0.25, 0.3) is 10.8 Å². The van der Waals surface area contributed by atoms with Gasteiger partial charge in [-0.3, -0.25) is 0 Å². The van der Waals surface area contributed by atoms with Gasteiger partial charge in [-0.1, -0.05) is 36.4 Å². The molecule has 0 bridgehead atoms. The molecule has 3 N–H and O–H groups in total. The molecule has 3 aromatic rings. The molecule has 0 saturated carbocycles. The number of fused-ring (bicyclic) bond motifs is 2. The number of aliphatic hydroxyl groups excluding tert-OH is 2. The number of benzene rings is 3. The topological polar surface area (TPSA) is 79.2 Å². The first-order chi connectivity index (χ1) is 12.5.